The summed E-state index contributed by atoms with van der Waals surface area (Å²) in [4.78, 5) is 26.4. The van der Waals surface area contributed by atoms with Gasteiger partial charge in [0.2, 0.25) is 0 Å². The van der Waals surface area contributed by atoms with E-state index in [-0.39, 0.29) is 18.5 Å². The maximum atomic E-state index is 12.7. The molecule has 1 N–H and O–H groups in total. The minimum absolute atomic E-state index is 0.148. The highest BCUT2D eigenvalue weighted by Gasteiger charge is 2.29. The fourth-order valence-electron chi connectivity index (χ4n) is 3.40. The van der Waals surface area contributed by atoms with Crippen molar-refractivity contribution in [2.45, 2.75) is 46.5 Å². The van der Waals surface area contributed by atoms with E-state index in [9.17, 15) is 9.59 Å². The second kappa shape index (κ2) is 9.63. The molecule has 1 heterocycles. The molecule has 0 saturated heterocycles. The van der Waals surface area contributed by atoms with Crippen LogP contribution in [0, 0.1) is 12.8 Å². The van der Waals surface area contributed by atoms with E-state index in [0.29, 0.717) is 33.9 Å². The number of aryl methyl sites for hydroxylation is 1. The first-order chi connectivity index (χ1) is 13.9. The van der Waals surface area contributed by atoms with Crippen molar-refractivity contribution in [1.29, 1.82) is 0 Å². The summed E-state index contributed by atoms with van der Waals surface area (Å²) in [5, 5.41) is 4.05. The summed E-state index contributed by atoms with van der Waals surface area (Å²) < 4.78 is 11.0. The number of halogens is 1. The molecule has 5 nitrogen and oxygen atoms in total. The van der Waals surface area contributed by atoms with E-state index in [1.807, 2.05) is 13.8 Å². The third kappa shape index (κ3) is 5.31. The first-order valence-electron chi connectivity index (χ1n) is 9.89. The number of benzene rings is 1. The maximum absolute atomic E-state index is 12.7. The van der Waals surface area contributed by atoms with Gasteiger partial charge in [-0.3, -0.25) is 4.79 Å². The lowest BCUT2D eigenvalue weighted by atomic mass is 9.88. The number of nitrogens with one attached hydrogen (secondary N) is 1. The molecule has 1 aliphatic rings. The fourth-order valence-corrected chi connectivity index (χ4v) is 5.04. The number of ether oxygens (including phenoxy) is 2. The first kappa shape index (κ1) is 21.7. The van der Waals surface area contributed by atoms with Gasteiger partial charge in [0.15, 0.2) is 6.61 Å². The highest BCUT2D eigenvalue weighted by Crippen LogP contribution is 2.40. The Kier molecular flexibility index (Phi) is 7.19. The van der Waals surface area contributed by atoms with Gasteiger partial charge in [0, 0.05) is 9.90 Å². The number of fused-ring (bicyclic) bond motifs is 1. The SMILES string of the molecule is CCCOC(=O)c1c(NC(=O)COc2ccc(Cl)cc2C)sc2c1CC[C@@H](C)C2. The van der Waals surface area contributed by atoms with E-state index in [2.05, 4.69) is 12.2 Å². The number of hydrogen-bond donors (Lipinski definition) is 1. The third-order valence-corrected chi connectivity index (χ3v) is 6.31. The summed E-state index contributed by atoms with van der Waals surface area (Å²) >= 11 is 7.43. The van der Waals surface area contributed by atoms with Gasteiger partial charge in [-0.15, -0.1) is 11.3 Å². The van der Waals surface area contributed by atoms with Gasteiger partial charge in [-0.1, -0.05) is 25.4 Å². The summed E-state index contributed by atoms with van der Waals surface area (Å²) in [6.07, 6.45) is 3.54. The van der Waals surface area contributed by atoms with Crippen molar-refractivity contribution < 1.29 is 19.1 Å². The lowest BCUT2D eigenvalue weighted by Crippen LogP contribution is -2.21. The Hall–Kier alpha value is -2.05. The second-order valence-electron chi connectivity index (χ2n) is 7.44. The lowest BCUT2D eigenvalue weighted by Gasteiger charge is -2.18. The standard InChI is InChI=1S/C22H26ClNO4S/c1-4-9-27-22(26)20-16-7-5-13(2)10-18(16)29-21(20)24-19(25)12-28-17-8-6-15(23)11-14(17)3/h6,8,11,13H,4-5,7,9-10,12H2,1-3H3,(H,24,25)/t13-/m1/s1. The van der Waals surface area contributed by atoms with Crippen molar-refractivity contribution in [3.63, 3.8) is 0 Å². The second-order valence-corrected chi connectivity index (χ2v) is 8.98. The van der Waals surface area contributed by atoms with E-state index in [1.165, 1.54) is 11.3 Å². The molecule has 1 atom stereocenters. The molecule has 0 saturated carbocycles. The van der Waals surface area contributed by atoms with Gasteiger partial charge >= 0.3 is 5.97 Å². The van der Waals surface area contributed by atoms with E-state index in [0.717, 1.165) is 41.7 Å². The molecule has 29 heavy (non-hydrogen) atoms. The van der Waals surface area contributed by atoms with Crippen LogP contribution in [0.15, 0.2) is 18.2 Å². The quantitative estimate of drug-likeness (QED) is 0.590. The lowest BCUT2D eigenvalue weighted by molar-refractivity contribution is -0.118. The normalized spacial score (nSPS) is 15.5. The number of carbonyl (C=O) groups excluding carboxylic acids is 2. The van der Waals surface area contributed by atoms with Crippen LogP contribution in [-0.2, 0) is 22.4 Å². The Labute approximate surface area is 180 Å². The van der Waals surface area contributed by atoms with Crippen molar-refractivity contribution in [2.24, 2.45) is 5.92 Å². The van der Waals surface area contributed by atoms with Gasteiger partial charge in [-0.05, 0) is 67.9 Å². The first-order valence-corrected chi connectivity index (χ1v) is 11.1. The Morgan fingerprint density at radius 1 is 1.34 bits per heavy atom. The zero-order chi connectivity index (χ0) is 21.0. The van der Waals surface area contributed by atoms with Gasteiger partial charge in [-0.25, -0.2) is 4.79 Å². The van der Waals surface area contributed by atoms with Gasteiger partial charge in [-0.2, -0.15) is 0 Å². The molecular formula is C22H26ClNO4S. The number of rotatable bonds is 7. The Morgan fingerprint density at radius 3 is 2.86 bits per heavy atom. The summed E-state index contributed by atoms with van der Waals surface area (Å²) in [5.41, 5.74) is 2.40. The van der Waals surface area contributed by atoms with Crippen molar-refractivity contribution in [3.05, 3.63) is 44.8 Å². The molecule has 0 unspecified atom stereocenters. The van der Waals surface area contributed by atoms with Crippen molar-refractivity contribution in [2.75, 3.05) is 18.5 Å². The monoisotopic (exact) mass is 435 g/mol. The van der Waals surface area contributed by atoms with Crippen molar-refractivity contribution in [1.82, 2.24) is 0 Å². The average molecular weight is 436 g/mol. The summed E-state index contributed by atoms with van der Waals surface area (Å²) in [5.74, 6) is 0.506. The average Bonchev–Trinajstić information content (AvgIpc) is 3.02. The molecule has 1 aromatic heterocycles. The molecule has 0 fully saturated rings. The van der Waals surface area contributed by atoms with Crippen LogP contribution >= 0.6 is 22.9 Å². The van der Waals surface area contributed by atoms with Gasteiger partial charge in [0.05, 0.1) is 12.2 Å². The molecule has 7 heteroatoms. The third-order valence-electron chi connectivity index (χ3n) is 4.90. The van der Waals surface area contributed by atoms with Crippen molar-refractivity contribution in [3.8, 4) is 5.75 Å². The topological polar surface area (TPSA) is 64.6 Å². The van der Waals surface area contributed by atoms with Gasteiger partial charge < -0.3 is 14.8 Å². The number of thiophene rings is 1. The maximum Gasteiger partial charge on any atom is 0.341 e. The molecule has 3 rings (SSSR count). The van der Waals surface area contributed by atoms with E-state index >= 15 is 0 Å². The smallest absolute Gasteiger partial charge is 0.341 e. The van der Waals surface area contributed by atoms with E-state index < -0.39 is 0 Å². The molecule has 1 aliphatic carbocycles. The Morgan fingerprint density at radius 2 is 2.14 bits per heavy atom. The highest BCUT2D eigenvalue weighted by atomic mass is 35.5. The number of anilines is 1. The largest absolute Gasteiger partial charge is 0.483 e. The van der Waals surface area contributed by atoms with Gasteiger partial charge in [0.25, 0.3) is 5.91 Å². The molecule has 1 aromatic carbocycles. The summed E-state index contributed by atoms with van der Waals surface area (Å²) in [6, 6.07) is 5.24. The number of carbonyl (C=O) groups is 2. The van der Waals surface area contributed by atoms with Gasteiger partial charge in [0.1, 0.15) is 10.8 Å². The van der Waals surface area contributed by atoms with Crippen LogP contribution in [0.5, 0.6) is 5.75 Å². The van der Waals surface area contributed by atoms with Crippen LogP contribution in [0.1, 0.15) is 53.1 Å². The molecular weight excluding hydrogens is 410 g/mol. The number of hydrogen-bond acceptors (Lipinski definition) is 5. The highest BCUT2D eigenvalue weighted by molar-refractivity contribution is 7.17. The molecule has 2 aromatic rings. The fraction of sp³-hybridized carbons (Fsp3) is 0.455. The Bertz CT molecular complexity index is 908. The zero-order valence-corrected chi connectivity index (χ0v) is 18.5. The van der Waals surface area contributed by atoms with Crippen molar-refractivity contribution >= 4 is 39.8 Å². The van der Waals surface area contributed by atoms with Crippen LogP contribution in [0.4, 0.5) is 5.00 Å². The molecule has 0 spiro atoms. The Balaban J connectivity index is 1.74. The number of amides is 1. The minimum Gasteiger partial charge on any atom is -0.483 e. The minimum atomic E-state index is -0.358. The molecule has 0 bridgehead atoms. The summed E-state index contributed by atoms with van der Waals surface area (Å²) in [7, 11) is 0. The summed E-state index contributed by atoms with van der Waals surface area (Å²) in [6.45, 7) is 6.25. The predicted molar refractivity (Wildman–Crippen MR) is 116 cm³/mol. The molecule has 1 amide bonds. The van der Waals surface area contributed by atoms with Crippen LogP contribution in [0.2, 0.25) is 5.02 Å². The molecule has 0 radical (unpaired) electrons. The van der Waals surface area contributed by atoms with E-state index in [4.69, 9.17) is 21.1 Å². The predicted octanol–water partition coefficient (Wildman–Crippen LogP) is 5.42. The zero-order valence-electron chi connectivity index (χ0n) is 17.0. The number of esters is 1. The van der Waals surface area contributed by atoms with Crippen LogP contribution in [0.3, 0.4) is 0 Å². The van der Waals surface area contributed by atoms with E-state index in [1.54, 1.807) is 18.2 Å². The van der Waals surface area contributed by atoms with Crippen LogP contribution < -0.4 is 10.1 Å². The molecule has 156 valence electrons. The van der Waals surface area contributed by atoms with Crippen LogP contribution in [-0.4, -0.2) is 25.1 Å². The molecule has 0 aliphatic heterocycles. The van der Waals surface area contributed by atoms with Crippen LogP contribution in [0.25, 0.3) is 0 Å².